The molecule has 3 nitrogen and oxygen atoms in total. The molecular weight excluding hydrogens is 165 g/mol. The van der Waals surface area contributed by atoms with Crippen molar-refractivity contribution in [3.8, 4) is 0 Å². The van der Waals surface area contributed by atoms with Gasteiger partial charge in [0.1, 0.15) is 0 Å². The van der Waals surface area contributed by atoms with Crippen LogP contribution < -0.4 is 40.4 Å². The summed E-state index contributed by atoms with van der Waals surface area (Å²) in [7, 11) is 0. The molecule has 0 aromatic heterocycles. The molecule has 4 heteroatoms. The van der Waals surface area contributed by atoms with Gasteiger partial charge in [-0.05, 0) is 0 Å². The topological polar surface area (TPSA) is 66.2 Å². The predicted molar refractivity (Wildman–Crippen MR) is 40.5 cm³/mol. The van der Waals surface area contributed by atoms with Crippen LogP contribution in [0.4, 0.5) is 0 Å². The van der Waals surface area contributed by atoms with Gasteiger partial charge in [0.05, 0.1) is 5.97 Å². The van der Waals surface area contributed by atoms with E-state index in [-0.39, 0.29) is 36.1 Å². The van der Waals surface area contributed by atoms with Crippen molar-refractivity contribution >= 4 is 5.97 Å². The molecule has 0 atom stereocenters. The number of rotatable bonds is 1. The second-order valence-electron chi connectivity index (χ2n) is 1.73. The minimum atomic E-state index is -1.22. The zero-order valence-corrected chi connectivity index (χ0v) is 9.07. The van der Waals surface area contributed by atoms with Gasteiger partial charge < -0.3 is 15.6 Å². The molecule has 0 aliphatic carbocycles. The van der Waals surface area contributed by atoms with Gasteiger partial charge in [0.25, 0.3) is 0 Å². The van der Waals surface area contributed by atoms with Crippen LogP contribution >= 0.6 is 0 Å². The minimum absolute atomic E-state index is 0. The first-order valence-electron chi connectivity index (χ1n) is 3.17. The summed E-state index contributed by atoms with van der Waals surface area (Å²) in [6.45, 7) is -0.389. The van der Waals surface area contributed by atoms with E-state index in [1.807, 2.05) is 36.4 Å². The van der Waals surface area contributed by atoms with Gasteiger partial charge in [0.2, 0.25) is 0 Å². The fourth-order valence-electron chi connectivity index (χ4n) is 0.385. The third kappa shape index (κ3) is 12.3. The van der Waals surface area contributed by atoms with Crippen molar-refractivity contribution in [1.29, 1.82) is 0 Å². The summed E-state index contributed by atoms with van der Waals surface area (Å²) in [5, 5.41) is 9.13. The van der Waals surface area contributed by atoms with Crippen molar-refractivity contribution in [2.24, 2.45) is 5.73 Å². The van der Waals surface area contributed by atoms with Gasteiger partial charge in [0.15, 0.2) is 0 Å². The van der Waals surface area contributed by atoms with Gasteiger partial charge in [-0.3, -0.25) is 0 Å². The molecule has 0 radical (unpaired) electrons. The smallest absolute Gasteiger partial charge is 0.549 e. The van der Waals surface area contributed by atoms with Gasteiger partial charge in [-0.2, -0.15) is 0 Å². The fraction of sp³-hybridized carbons (Fsp3) is 0.125. The Morgan fingerprint density at radius 2 is 1.25 bits per heavy atom. The van der Waals surface area contributed by atoms with Gasteiger partial charge in [-0.1, -0.05) is 36.4 Å². The summed E-state index contributed by atoms with van der Waals surface area (Å²) in [6, 6.07) is 12.0. The van der Waals surface area contributed by atoms with Crippen molar-refractivity contribution in [3.63, 3.8) is 0 Å². The van der Waals surface area contributed by atoms with Gasteiger partial charge in [0, 0.05) is 6.54 Å². The molecule has 0 aliphatic rings. The zero-order chi connectivity index (χ0) is 8.53. The first-order valence-corrected chi connectivity index (χ1v) is 3.17. The van der Waals surface area contributed by atoms with Crippen molar-refractivity contribution < 1.29 is 39.5 Å². The Balaban J connectivity index is 0. The minimum Gasteiger partial charge on any atom is -0.549 e. The Bertz CT molecular complexity index is 165. The Morgan fingerprint density at radius 3 is 1.33 bits per heavy atom. The SMILES string of the molecule is NCC(=O)[O-].[Na+].c1ccccc1. The molecule has 0 fully saturated rings. The van der Waals surface area contributed by atoms with Gasteiger partial charge >= 0.3 is 29.6 Å². The zero-order valence-electron chi connectivity index (χ0n) is 7.07. The van der Waals surface area contributed by atoms with Crippen molar-refractivity contribution in [2.75, 3.05) is 6.54 Å². The van der Waals surface area contributed by atoms with E-state index in [1.165, 1.54) is 0 Å². The van der Waals surface area contributed by atoms with E-state index >= 15 is 0 Å². The quantitative estimate of drug-likeness (QED) is 0.448. The second-order valence-corrected chi connectivity index (χ2v) is 1.73. The first-order chi connectivity index (χ1) is 5.27. The summed E-state index contributed by atoms with van der Waals surface area (Å²) in [6.07, 6.45) is 0. The molecule has 0 saturated heterocycles. The third-order valence-corrected chi connectivity index (χ3v) is 0.833. The molecule has 0 saturated carbocycles. The molecule has 0 amide bonds. The van der Waals surface area contributed by atoms with Crippen LogP contribution in [-0.2, 0) is 4.79 Å². The molecule has 12 heavy (non-hydrogen) atoms. The number of carboxylic acids is 1. The number of aliphatic carboxylic acids is 1. The summed E-state index contributed by atoms with van der Waals surface area (Å²) in [5.41, 5.74) is 4.51. The molecule has 1 aromatic carbocycles. The summed E-state index contributed by atoms with van der Waals surface area (Å²) in [4.78, 5) is 9.13. The van der Waals surface area contributed by atoms with Crippen LogP contribution in [0.25, 0.3) is 0 Å². The average Bonchev–Trinajstić information content (AvgIpc) is 2.09. The van der Waals surface area contributed by atoms with Crippen molar-refractivity contribution in [1.82, 2.24) is 0 Å². The largest absolute Gasteiger partial charge is 1.00 e. The van der Waals surface area contributed by atoms with Crippen molar-refractivity contribution in [2.45, 2.75) is 0 Å². The van der Waals surface area contributed by atoms with Crippen LogP contribution in [0.2, 0.25) is 0 Å². The number of benzene rings is 1. The number of hydrogen-bond donors (Lipinski definition) is 1. The van der Waals surface area contributed by atoms with Gasteiger partial charge in [-0.25, -0.2) is 0 Å². The van der Waals surface area contributed by atoms with E-state index in [0.717, 1.165) is 0 Å². The molecule has 0 unspecified atom stereocenters. The normalized spacial score (nSPS) is 7.08. The molecule has 2 N–H and O–H groups in total. The van der Waals surface area contributed by atoms with Gasteiger partial charge in [-0.15, -0.1) is 0 Å². The van der Waals surface area contributed by atoms with Crippen LogP contribution in [0.1, 0.15) is 0 Å². The summed E-state index contributed by atoms with van der Waals surface area (Å²) in [5.74, 6) is -1.22. The summed E-state index contributed by atoms with van der Waals surface area (Å²) >= 11 is 0. The number of carbonyl (C=O) groups is 1. The maximum atomic E-state index is 9.13. The molecule has 1 aromatic rings. The summed E-state index contributed by atoms with van der Waals surface area (Å²) < 4.78 is 0. The van der Waals surface area contributed by atoms with Crippen LogP contribution in [0.15, 0.2) is 36.4 Å². The molecule has 0 spiro atoms. The van der Waals surface area contributed by atoms with E-state index in [2.05, 4.69) is 5.73 Å². The van der Waals surface area contributed by atoms with Crippen LogP contribution in [0.5, 0.6) is 0 Å². The number of nitrogens with two attached hydrogens (primary N) is 1. The molecule has 1 rings (SSSR count). The molecule has 0 aliphatic heterocycles. The number of carbonyl (C=O) groups excluding carboxylic acids is 1. The maximum Gasteiger partial charge on any atom is 1.00 e. The fourth-order valence-corrected chi connectivity index (χ4v) is 0.385. The first kappa shape index (κ1) is 14.2. The van der Waals surface area contributed by atoms with E-state index in [4.69, 9.17) is 9.90 Å². The monoisotopic (exact) mass is 175 g/mol. The Kier molecular flexibility index (Phi) is 12.6. The van der Waals surface area contributed by atoms with Crippen LogP contribution in [-0.4, -0.2) is 12.5 Å². The molecule has 0 bridgehead atoms. The average molecular weight is 175 g/mol. The van der Waals surface area contributed by atoms with E-state index < -0.39 is 5.97 Å². The Hall–Kier alpha value is -0.350. The number of carboxylic acid groups (broad SMARTS) is 1. The van der Waals surface area contributed by atoms with E-state index in [0.29, 0.717) is 0 Å². The Morgan fingerprint density at radius 1 is 1.08 bits per heavy atom. The third-order valence-electron chi connectivity index (χ3n) is 0.833. The molecular formula is C8H10NNaO2. The second kappa shape index (κ2) is 10.7. The Labute approximate surface area is 93.9 Å². The van der Waals surface area contributed by atoms with E-state index in [9.17, 15) is 0 Å². The number of hydrogen-bond acceptors (Lipinski definition) is 3. The van der Waals surface area contributed by atoms with E-state index in [1.54, 1.807) is 0 Å². The van der Waals surface area contributed by atoms with Crippen LogP contribution in [0, 0.1) is 0 Å². The van der Waals surface area contributed by atoms with Crippen LogP contribution in [0.3, 0.4) is 0 Å². The standard InChI is InChI=1S/C6H6.C2H5NO2.Na/c1-2-4-6-5-3-1;3-1-2(4)5;/h1-6H;1,3H2,(H,4,5);/q;;+1/p-1. The maximum absolute atomic E-state index is 9.13. The predicted octanol–water partition coefficient (Wildman–Crippen LogP) is -3.61. The molecule has 60 valence electrons. The molecule has 0 heterocycles. The van der Waals surface area contributed by atoms with Crippen molar-refractivity contribution in [3.05, 3.63) is 36.4 Å².